The van der Waals surface area contributed by atoms with Crippen molar-refractivity contribution >= 4 is 35.2 Å². The van der Waals surface area contributed by atoms with Crippen LogP contribution in [0.1, 0.15) is 78.0 Å². The Kier molecular flexibility index (Phi) is 13.0. The molecule has 2 aromatic rings. The van der Waals surface area contributed by atoms with Gasteiger partial charge in [0.05, 0.1) is 25.4 Å². The minimum Gasteiger partial charge on any atom is -0.414 e. The summed E-state index contributed by atoms with van der Waals surface area (Å²) < 4.78 is 47.5. The maximum atomic E-state index is 12.9. The first-order chi connectivity index (χ1) is 23.8. The highest BCUT2D eigenvalue weighted by atomic mass is 32.5. The van der Waals surface area contributed by atoms with Crippen LogP contribution >= 0.6 is 6.72 Å². The van der Waals surface area contributed by atoms with Crippen LogP contribution in [0.4, 0.5) is 0 Å². The number of nitrogens with one attached hydrogen (secondary N) is 2. The van der Waals surface area contributed by atoms with E-state index in [1.807, 2.05) is 0 Å². The molecule has 2 fully saturated rings. The fourth-order valence-electron chi connectivity index (χ4n) is 5.32. The summed E-state index contributed by atoms with van der Waals surface area (Å²) in [4.78, 5) is 54.7. The van der Waals surface area contributed by atoms with Crippen molar-refractivity contribution in [3.05, 3.63) is 65.2 Å². The number of nitrogens with zero attached hydrogens (tertiary/aromatic N) is 2. The molecule has 19 heteroatoms. The number of hydrogen-bond acceptors (Lipinski definition) is 12. The summed E-state index contributed by atoms with van der Waals surface area (Å²) in [5.74, 6) is 0. The molecule has 4 rings (SSSR count). The second kappa shape index (κ2) is 15.7. The highest BCUT2D eigenvalue weighted by Gasteiger charge is 2.48. The van der Waals surface area contributed by atoms with Gasteiger partial charge in [-0.05, 0) is 61.9 Å². The monoisotopic (exact) mass is 804 g/mol. The minimum atomic E-state index is -3.57. The second-order valence-corrected chi connectivity index (χ2v) is 29.4. The van der Waals surface area contributed by atoms with Gasteiger partial charge in [-0.15, -0.1) is 0 Å². The summed E-state index contributed by atoms with van der Waals surface area (Å²) >= 11 is 5.99. The Morgan fingerprint density at radius 1 is 0.750 bits per heavy atom. The van der Waals surface area contributed by atoms with Crippen molar-refractivity contribution < 1.29 is 31.9 Å². The molecule has 0 bridgehead atoms. The molecule has 15 nitrogen and oxygen atoms in total. The lowest BCUT2D eigenvalue weighted by Crippen LogP contribution is -2.44. The van der Waals surface area contributed by atoms with Gasteiger partial charge in [0.15, 0.2) is 16.6 Å². The lowest BCUT2D eigenvalue weighted by molar-refractivity contribution is -0.0508. The van der Waals surface area contributed by atoms with Crippen LogP contribution in [-0.4, -0.2) is 80.5 Å². The molecule has 0 radical (unpaired) electrons. The summed E-state index contributed by atoms with van der Waals surface area (Å²) in [5.41, 5.74) is -1.47. The predicted molar refractivity (Wildman–Crippen MR) is 207 cm³/mol. The molecule has 2 aliphatic rings. The van der Waals surface area contributed by atoms with Crippen molar-refractivity contribution in [3.63, 3.8) is 0 Å². The summed E-state index contributed by atoms with van der Waals surface area (Å²) in [6.45, 7) is 21.3. The number of aromatic amines is 2. The summed E-state index contributed by atoms with van der Waals surface area (Å²) in [6.07, 6.45) is -1.03. The van der Waals surface area contributed by atoms with E-state index < -0.39 is 82.7 Å². The third kappa shape index (κ3) is 9.69. The molecule has 0 aliphatic carbocycles. The largest absolute Gasteiger partial charge is 0.414 e. The summed E-state index contributed by atoms with van der Waals surface area (Å²) in [5, 5.41) is -0.156. The first kappa shape index (κ1) is 42.9. The number of ether oxygens (including phenoxy) is 2. The van der Waals surface area contributed by atoms with E-state index in [2.05, 4.69) is 77.7 Å². The normalized spacial score (nSPS) is 24.9. The van der Waals surface area contributed by atoms with Gasteiger partial charge < -0.3 is 31.9 Å². The highest BCUT2D eigenvalue weighted by Crippen LogP contribution is 2.56. The van der Waals surface area contributed by atoms with Crippen LogP contribution in [0, 0.1) is 13.8 Å². The van der Waals surface area contributed by atoms with Crippen LogP contribution in [0.5, 0.6) is 0 Å². The molecule has 52 heavy (non-hydrogen) atoms. The van der Waals surface area contributed by atoms with E-state index in [4.69, 9.17) is 43.7 Å². The number of hydrogen-bond donors (Lipinski definition) is 2. The second-order valence-electron chi connectivity index (χ2n) is 16.7. The zero-order valence-electron chi connectivity index (χ0n) is 32.7. The third-order valence-corrected chi connectivity index (χ3v) is 22.3. The van der Waals surface area contributed by atoms with E-state index in [0.29, 0.717) is 11.1 Å². The van der Waals surface area contributed by atoms with Gasteiger partial charge in [0, 0.05) is 43.5 Å². The molecular weight excluding hydrogens is 748 g/mol. The standard InChI is InChI=1S/C33H57N4O11PSSi2/c1-20-16-36(30(40)34-28(20)38)26-14-22(24(45-26)18-43-51(10,11)32(3,4)5)47-49(50,42-9)48-23-15-27(37-17-21(2)29(39)35-31(37)41)46-25(23)19-44-52(12,13)33(6,7)8/h16-17,22-27H,14-15,18-19H2,1-13H3,(H,34,38,40)(H,35,39,41)/t22-,23-,24+,25+,26+,27+/m0/s1. The van der Waals surface area contributed by atoms with Crippen LogP contribution in [0.3, 0.4) is 0 Å². The van der Waals surface area contributed by atoms with Crippen LogP contribution < -0.4 is 22.5 Å². The van der Waals surface area contributed by atoms with Gasteiger partial charge in [-0.2, -0.15) is 0 Å². The molecular formula is C33H57N4O11PSSi2. The molecule has 0 saturated carbocycles. The van der Waals surface area contributed by atoms with Gasteiger partial charge in [0.25, 0.3) is 11.1 Å². The Morgan fingerprint density at radius 2 is 1.10 bits per heavy atom. The minimum absolute atomic E-state index is 0.0778. The number of rotatable bonds is 13. The maximum Gasteiger partial charge on any atom is 0.330 e. The summed E-state index contributed by atoms with van der Waals surface area (Å²) in [7, 11) is -3.06. The molecule has 0 unspecified atom stereocenters. The van der Waals surface area contributed by atoms with Crippen molar-refractivity contribution in [2.45, 2.75) is 141 Å². The maximum absolute atomic E-state index is 12.9. The van der Waals surface area contributed by atoms with Gasteiger partial charge in [-0.1, -0.05) is 41.5 Å². The van der Waals surface area contributed by atoms with Gasteiger partial charge >= 0.3 is 18.1 Å². The number of aromatic nitrogens is 4. The molecule has 2 saturated heterocycles. The average Bonchev–Trinajstić information content (AvgIpc) is 3.60. The van der Waals surface area contributed by atoms with Crippen molar-refractivity contribution in [2.24, 2.45) is 0 Å². The Labute approximate surface area is 312 Å². The zero-order valence-corrected chi connectivity index (χ0v) is 36.4. The van der Waals surface area contributed by atoms with Gasteiger partial charge in [0.2, 0.25) is 0 Å². The predicted octanol–water partition coefficient (Wildman–Crippen LogP) is 4.96. The van der Waals surface area contributed by atoms with Gasteiger partial charge in [0.1, 0.15) is 24.7 Å². The molecule has 2 N–H and O–H groups in total. The van der Waals surface area contributed by atoms with Crippen molar-refractivity contribution in [2.75, 3.05) is 20.3 Å². The fraction of sp³-hybridized carbons (Fsp3) is 0.758. The Hall–Kier alpha value is -1.84. The molecule has 2 aliphatic heterocycles. The van der Waals surface area contributed by atoms with Crippen LogP contribution in [0.15, 0.2) is 31.6 Å². The van der Waals surface area contributed by atoms with Gasteiger partial charge in [-0.25, -0.2) is 9.59 Å². The zero-order chi connectivity index (χ0) is 39.2. The summed E-state index contributed by atoms with van der Waals surface area (Å²) in [6, 6.07) is 0. The van der Waals surface area contributed by atoms with Crippen molar-refractivity contribution in [1.82, 2.24) is 19.1 Å². The topological polar surface area (TPSA) is 174 Å². The fourth-order valence-corrected chi connectivity index (χ4v) is 9.34. The molecule has 2 aromatic heterocycles. The highest BCUT2D eigenvalue weighted by molar-refractivity contribution is 8.07. The van der Waals surface area contributed by atoms with E-state index >= 15 is 0 Å². The van der Waals surface area contributed by atoms with Crippen LogP contribution in [0.2, 0.25) is 36.3 Å². The van der Waals surface area contributed by atoms with Crippen molar-refractivity contribution in [1.29, 1.82) is 0 Å². The average molecular weight is 805 g/mol. The lowest BCUT2D eigenvalue weighted by atomic mass is 10.2. The molecule has 0 aromatic carbocycles. The van der Waals surface area contributed by atoms with Crippen molar-refractivity contribution in [3.8, 4) is 0 Å². The SMILES string of the molecule is COP(=S)(O[C@H]1C[C@H](n2cc(C)c(=O)[nH]c2=O)O[C@@H]1CO[Si](C)(C)C(C)(C)C)O[C@H]1C[C@H](n2cc(C)c(=O)[nH]c2=O)O[C@@H]1CO[Si](C)(C)C(C)(C)C. The first-order valence-electron chi connectivity index (χ1n) is 17.5. The van der Waals surface area contributed by atoms with Crippen LogP contribution in [0.25, 0.3) is 0 Å². The first-order valence-corrected chi connectivity index (χ1v) is 25.9. The Bertz CT molecular complexity index is 1750. The van der Waals surface area contributed by atoms with E-state index in [9.17, 15) is 19.2 Å². The lowest BCUT2D eigenvalue weighted by Gasteiger charge is -2.38. The third-order valence-electron chi connectivity index (χ3n) is 10.9. The van der Waals surface area contributed by atoms with E-state index in [-0.39, 0.29) is 36.1 Å². The molecule has 294 valence electrons. The van der Waals surface area contributed by atoms with E-state index in [1.54, 1.807) is 13.8 Å². The van der Waals surface area contributed by atoms with E-state index in [0.717, 1.165) is 0 Å². The van der Waals surface area contributed by atoms with Crippen LogP contribution in [-0.2, 0) is 43.7 Å². The Morgan fingerprint density at radius 3 is 1.40 bits per heavy atom. The smallest absolute Gasteiger partial charge is 0.330 e. The molecule has 6 atom stereocenters. The Balaban J connectivity index is 1.64. The molecule has 0 spiro atoms. The molecule has 0 amide bonds. The van der Waals surface area contributed by atoms with Gasteiger partial charge in [-0.3, -0.25) is 28.7 Å². The molecule has 4 heterocycles. The number of aryl methyl sites for hydroxylation is 2. The van der Waals surface area contributed by atoms with E-state index in [1.165, 1.54) is 28.6 Å². The quantitative estimate of drug-likeness (QED) is 0.206. The number of H-pyrrole nitrogens is 2.